The predicted octanol–water partition coefficient (Wildman–Crippen LogP) is 4.44. The minimum Gasteiger partial charge on any atom is -0.492 e. The molecule has 5 heteroatoms. The number of nitrogens with one attached hydrogen (secondary N) is 1. The van der Waals surface area contributed by atoms with E-state index < -0.39 is 11.7 Å². The molecule has 0 unspecified atom stereocenters. The normalized spacial score (nSPS) is 10.3. The van der Waals surface area contributed by atoms with Crippen molar-refractivity contribution >= 4 is 23.2 Å². The lowest BCUT2D eigenvalue weighted by molar-refractivity contribution is 0.102. The average molecular weight is 308 g/mol. The summed E-state index contributed by atoms with van der Waals surface area (Å²) in [5, 5.41) is 3.01. The first-order chi connectivity index (χ1) is 10.0. The van der Waals surface area contributed by atoms with Crippen LogP contribution in [0, 0.1) is 12.7 Å². The molecule has 0 aliphatic rings. The molecular formula is C16H15ClFNO2. The summed E-state index contributed by atoms with van der Waals surface area (Å²) in [5.74, 6) is -0.537. The second-order valence-electron chi connectivity index (χ2n) is 4.52. The Labute approximate surface area is 127 Å². The first-order valence-electron chi connectivity index (χ1n) is 6.51. The van der Waals surface area contributed by atoms with Crippen LogP contribution in [0.4, 0.5) is 10.1 Å². The summed E-state index contributed by atoms with van der Waals surface area (Å²) in [6.45, 7) is 4.15. The molecule has 1 N–H and O–H groups in total. The third-order valence-corrected chi connectivity index (χ3v) is 3.15. The van der Waals surface area contributed by atoms with Gasteiger partial charge in [-0.05, 0) is 44.2 Å². The Morgan fingerprint density at radius 1 is 1.29 bits per heavy atom. The van der Waals surface area contributed by atoms with Crippen molar-refractivity contribution < 1.29 is 13.9 Å². The number of anilines is 1. The van der Waals surface area contributed by atoms with E-state index in [1.807, 2.05) is 6.92 Å². The molecule has 0 aliphatic carbocycles. The van der Waals surface area contributed by atoms with Gasteiger partial charge in [-0.1, -0.05) is 23.2 Å². The summed E-state index contributed by atoms with van der Waals surface area (Å²) in [6, 6.07) is 9.27. The molecule has 0 saturated heterocycles. The maximum atomic E-state index is 13.7. The zero-order valence-electron chi connectivity index (χ0n) is 11.7. The zero-order chi connectivity index (χ0) is 15.4. The van der Waals surface area contributed by atoms with Crippen molar-refractivity contribution in [3.8, 4) is 5.75 Å². The smallest absolute Gasteiger partial charge is 0.258 e. The molecule has 0 saturated carbocycles. The summed E-state index contributed by atoms with van der Waals surface area (Å²) >= 11 is 6.04. The molecule has 1 amide bonds. The molecule has 0 radical (unpaired) electrons. The number of halogens is 2. The number of amides is 1. The van der Waals surface area contributed by atoms with E-state index in [0.29, 0.717) is 23.1 Å². The molecule has 3 nitrogen and oxygen atoms in total. The van der Waals surface area contributed by atoms with Crippen molar-refractivity contribution in [2.24, 2.45) is 0 Å². The highest BCUT2D eigenvalue weighted by atomic mass is 35.5. The summed E-state index contributed by atoms with van der Waals surface area (Å²) < 4.78 is 19.0. The summed E-state index contributed by atoms with van der Waals surface area (Å²) in [7, 11) is 0. The van der Waals surface area contributed by atoms with Gasteiger partial charge in [-0.25, -0.2) is 4.39 Å². The van der Waals surface area contributed by atoms with Crippen molar-refractivity contribution in [2.75, 3.05) is 11.9 Å². The Bertz CT molecular complexity index is 673. The van der Waals surface area contributed by atoms with Crippen molar-refractivity contribution in [1.29, 1.82) is 0 Å². The molecule has 2 aromatic carbocycles. The Hall–Kier alpha value is -2.07. The lowest BCUT2D eigenvalue weighted by Gasteiger charge is -2.10. The maximum Gasteiger partial charge on any atom is 0.258 e. The van der Waals surface area contributed by atoms with Gasteiger partial charge < -0.3 is 10.1 Å². The monoisotopic (exact) mass is 307 g/mol. The van der Waals surface area contributed by atoms with E-state index in [4.69, 9.17) is 16.3 Å². The molecule has 0 aliphatic heterocycles. The van der Waals surface area contributed by atoms with Crippen LogP contribution in [0.15, 0.2) is 36.4 Å². The van der Waals surface area contributed by atoms with E-state index in [1.54, 1.807) is 31.2 Å². The van der Waals surface area contributed by atoms with E-state index in [-0.39, 0.29) is 5.56 Å². The lowest BCUT2D eigenvalue weighted by atomic mass is 10.1. The number of hydrogen-bond donors (Lipinski definition) is 1. The van der Waals surface area contributed by atoms with Crippen molar-refractivity contribution in [3.63, 3.8) is 0 Å². The second kappa shape index (κ2) is 6.59. The van der Waals surface area contributed by atoms with Crippen LogP contribution in [0.3, 0.4) is 0 Å². The van der Waals surface area contributed by atoms with E-state index in [0.717, 1.165) is 5.56 Å². The zero-order valence-corrected chi connectivity index (χ0v) is 12.5. The molecule has 0 aromatic heterocycles. The number of benzene rings is 2. The van der Waals surface area contributed by atoms with Crippen molar-refractivity contribution in [1.82, 2.24) is 0 Å². The number of hydrogen-bond acceptors (Lipinski definition) is 2. The molecular weight excluding hydrogens is 293 g/mol. The lowest BCUT2D eigenvalue weighted by Crippen LogP contribution is -2.14. The predicted molar refractivity (Wildman–Crippen MR) is 81.7 cm³/mol. The largest absolute Gasteiger partial charge is 0.492 e. The van der Waals surface area contributed by atoms with Gasteiger partial charge in [0.25, 0.3) is 5.91 Å². The van der Waals surface area contributed by atoms with E-state index >= 15 is 0 Å². The Balaban J connectivity index is 2.19. The Morgan fingerprint density at radius 2 is 2.05 bits per heavy atom. The third-order valence-electron chi connectivity index (χ3n) is 2.86. The number of carbonyl (C=O) groups excluding carboxylic acids is 1. The first kappa shape index (κ1) is 15.3. The van der Waals surface area contributed by atoms with Gasteiger partial charge in [0.2, 0.25) is 0 Å². The van der Waals surface area contributed by atoms with Gasteiger partial charge in [0, 0.05) is 5.69 Å². The summed E-state index contributed by atoms with van der Waals surface area (Å²) in [5.41, 5.74) is 1.29. The number of ether oxygens (including phenoxy) is 1. The molecule has 110 valence electrons. The fourth-order valence-corrected chi connectivity index (χ4v) is 2.10. The molecule has 21 heavy (non-hydrogen) atoms. The van der Waals surface area contributed by atoms with Crippen LogP contribution in [-0.4, -0.2) is 12.5 Å². The molecule has 0 heterocycles. The fourth-order valence-electron chi connectivity index (χ4n) is 1.86. The highest BCUT2D eigenvalue weighted by Crippen LogP contribution is 2.28. The topological polar surface area (TPSA) is 38.3 Å². The van der Waals surface area contributed by atoms with E-state index in [1.165, 1.54) is 12.1 Å². The van der Waals surface area contributed by atoms with Crippen LogP contribution in [-0.2, 0) is 0 Å². The molecule has 0 spiro atoms. The SMILES string of the molecule is CCOc1ccc(NC(=O)c2cc(C)ccc2F)cc1Cl. The summed E-state index contributed by atoms with van der Waals surface area (Å²) in [6.07, 6.45) is 0. The minimum atomic E-state index is -0.560. The fraction of sp³-hybridized carbons (Fsp3) is 0.188. The highest BCUT2D eigenvalue weighted by Gasteiger charge is 2.13. The van der Waals surface area contributed by atoms with Gasteiger partial charge in [-0.2, -0.15) is 0 Å². The molecule has 0 bridgehead atoms. The standard InChI is InChI=1S/C16H15ClFNO2/c1-3-21-15-7-5-11(9-13(15)17)19-16(20)12-8-10(2)4-6-14(12)18/h4-9H,3H2,1-2H3,(H,19,20). The van der Waals surface area contributed by atoms with Gasteiger partial charge in [0.05, 0.1) is 17.2 Å². The van der Waals surface area contributed by atoms with Gasteiger partial charge in [0.15, 0.2) is 0 Å². The average Bonchev–Trinajstić information content (AvgIpc) is 2.44. The highest BCUT2D eigenvalue weighted by molar-refractivity contribution is 6.32. The van der Waals surface area contributed by atoms with Gasteiger partial charge in [0.1, 0.15) is 11.6 Å². The molecule has 0 fully saturated rings. The molecule has 0 atom stereocenters. The maximum absolute atomic E-state index is 13.7. The second-order valence-corrected chi connectivity index (χ2v) is 4.92. The number of carbonyl (C=O) groups is 1. The van der Waals surface area contributed by atoms with Crippen molar-refractivity contribution in [3.05, 3.63) is 58.4 Å². The Morgan fingerprint density at radius 3 is 2.71 bits per heavy atom. The first-order valence-corrected chi connectivity index (χ1v) is 6.89. The van der Waals surface area contributed by atoms with Crippen LogP contribution in [0.1, 0.15) is 22.8 Å². The number of rotatable bonds is 4. The third kappa shape index (κ3) is 3.73. The number of aryl methyl sites for hydroxylation is 1. The van der Waals surface area contributed by atoms with Gasteiger partial charge in [-0.3, -0.25) is 4.79 Å². The summed E-state index contributed by atoms with van der Waals surface area (Å²) in [4.78, 5) is 12.1. The minimum absolute atomic E-state index is 0.00000664. The van der Waals surface area contributed by atoms with Gasteiger partial charge >= 0.3 is 0 Å². The van der Waals surface area contributed by atoms with Crippen LogP contribution < -0.4 is 10.1 Å². The van der Waals surface area contributed by atoms with Gasteiger partial charge in [-0.15, -0.1) is 0 Å². The molecule has 2 aromatic rings. The quantitative estimate of drug-likeness (QED) is 0.907. The van der Waals surface area contributed by atoms with Crippen LogP contribution in [0.5, 0.6) is 5.75 Å². The molecule has 2 rings (SSSR count). The van der Waals surface area contributed by atoms with Crippen LogP contribution >= 0.6 is 11.6 Å². The van der Waals surface area contributed by atoms with Crippen LogP contribution in [0.25, 0.3) is 0 Å². The Kier molecular flexibility index (Phi) is 4.81. The van der Waals surface area contributed by atoms with Crippen LogP contribution in [0.2, 0.25) is 5.02 Å². The van der Waals surface area contributed by atoms with E-state index in [2.05, 4.69) is 5.32 Å². The van der Waals surface area contributed by atoms with E-state index in [9.17, 15) is 9.18 Å². The van der Waals surface area contributed by atoms with Crippen molar-refractivity contribution in [2.45, 2.75) is 13.8 Å².